The highest BCUT2D eigenvalue weighted by atomic mass is 19.1. The molecule has 3 fully saturated rings. The minimum Gasteiger partial charge on any atom is -0.476 e. The third kappa shape index (κ3) is 3.76. The van der Waals surface area contributed by atoms with Gasteiger partial charge in [0.1, 0.15) is 12.8 Å². The first-order valence-corrected chi connectivity index (χ1v) is 11.6. The SMILES string of the molecule is C=C(F)C(=O)N1CC[C@@H]2[C@H]1CN2c1c(CC#N)c(OC[C@@H]2C[C@@H](F)CN2C)nc2ccccc12. The van der Waals surface area contributed by atoms with E-state index in [-0.39, 0.29) is 31.2 Å². The van der Waals surface area contributed by atoms with Crippen LogP contribution in [0.5, 0.6) is 5.88 Å². The number of amides is 1. The Morgan fingerprint density at radius 2 is 2.12 bits per heavy atom. The van der Waals surface area contributed by atoms with Gasteiger partial charge in [-0.05, 0) is 26.0 Å². The second-order valence-corrected chi connectivity index (χ2v) is 9.31. The lowest BCUT2D eigenvalue weighted by Crippen LogP contribution is -2.63. The summed E-state index contributed by atoms with van der Waals surface area (Å²) in [6, 6.07) is 9.79. The van der Waals surface area contributed by atoms with Gasteiger partial charge in [-0.1, -0.05) is 24.8 Å². The number of aromatic nitrogens is 1. The number of rotatable bonds is 6. The molecule has 1 aromatic heterocycles. The van der Waals surface area contributed by atoms with E-state index in [2.05, 4.69) is 17.5 Å². The van der Waals surface area contributed by atoms with Gasteiger partial charge in [0.15, 0.2) is 5.83 Å². The van der Waals surface area contributed by atoms with Crippen LogP contribution in [0.1, 0.15) is 18.4 Å². The molecule has 2 aromatic rings. The summed E-state index contributed by atoms with van der Waals surface area (Å²) in [6.45, 7) is 4.82. The first kappa shape index (κ1) is 22.5. The quantitative estimate of drug-likeness (QED) is 0.609. The summed E-state index contributed by atoms with van der Waals surface area (Å²) < 4.78 is 33.5. The molecule has 0 unspecified atom stereocenters. The Balaban J connectivity index is 1.49. The highest BCUT2D eigenvalue weighted by Gasteiger charge is 2.50. The Morgan fingerprint density at radius 3 is 2.82 bits per heavy atom. The van der Waals surface area contributed by atoms with Gasteiger partial charge in [0.05, 0.1) is 41.3 Å². The van der Waals surface area contributed by atoms with Crippen LogP contribution in [0.2, 0.25) is 0 Å². The number of likely N-dealkylation sites (tertiary alicyclic amines) is 2. The van der Waals surface area contributed by atoms with Crippen LogP contribution in [0, 0.1) is 11.3 Å². The van der Waals surface area contributed by atoms with Gasteiger partial charge in [-0.3, -0.25) is 9.69 Å². The number of hydrogen-bond acceptors (Lipinski definition) is 6. The van der Waals surface area contributed by atoms with E-state index in [9.17, 15) is 18.8 Å². The number of hydrogen-bond donors (Lipinski definition) is 0. The molecule has 4 heterocycles. The summed E-state index contributed by atoms with van der Waals surface area (Å²) in [7, 11) is 1.88. The van der Waals surface area contributed by atoms with Gasteiger partial charge in [-0.25, -0.2) is 13.8 Å². The monoisotopic (exact) mass is 467 g/mol. The second kappa shape index (κ2) is 8.84. The third-order valence-corrected chi connectivity index (χ3v) is 7.31. The number of alkyl halides is 1. The summed E-state index contributed by atoms with van der Waals surface area (Å²) in [4.78, 5) is 22.6. The molecule has 1 aromatic carbocycles. The Hall–Kier alpha value is -3.25. The molecule has 0 N–H and O–H groups in total. The van der Waals surface area contributed by atoms with Crippen molar-refractivity contribution in [1.82, 2.24) is 14.8 Å². The highest BCUT2D eigenvalue weighted by molar-refractivity contribution is 5.96. The van der Waals surface area contributed by atoms with E-state index < -0.39 is 17.9 Å². The molecule has 178 valence electrons. The van der Waals surface area contributed by atoms with Crippen LogP contribution >= 0.6 is 0 Å². The first-order valence-electron chi connectivity index (χ1n) is 11.6. The summed E-state index contributed by atoms with van der Waals surface area (Å²) in [5, 5.41) is 10.5. The molecule has 4 atom stereocenters. The van der Waals surface area contributed by atoms with Crippen LogP contribution in [0.15, 0.2) is 36.7 Å². The summed E-state index contributed by atoms with van der Waals surface area (Å²) in [6.07, 6.45) is 0.341. The van der Waals surface area contributed by atoms with E-state index in [4.69, 9.17) is 9.72 Å². The Bertz CT molecular complexity index is 1180. The van der Waals surface area contributed by atoms with Crippen molar-refractivity contribution in [3.63, 3.8) is 0 Å². The lowest BCUT2D eigenvalue weighted by atomic mass is 9.93. The first-order chi connectivity index (χ1) is 16.4. The summed E-state index contributed by atoms with van der Waals surface area (Å²) in [5.74, 6) is -1.21. The number of anilines is 1. The Labute approximate surface area is 197 Å². The molecule has 7 nitrogen and oxygen atoms in total. The average Bonchev–Trinajstić information content (AvgIpc) is 3.30. The number of nitriles is 1. The molecule has 34 heavy (non-hydrogen) atoms. The van der Waals surface area contributed by atoms with Crippen molar-refractivity contribution in [3.8, 4) is 11.9 Å². The number of carbonyl (C=O) groups is 1. The molecule has 0 aliphatic carbocycles. The fourth-order valence-electron chi connectivity index (χ4n) is 5.56. The number of para-hydroxylation sites is 1. The van der Waals surface area contributed by atoms with Crippen LogP contribution < -0.4 is 9.64 Å². The molecule has 0 saturated carbocycles. The molecule has 9 heteroatoms. The zero-order chi connectivity index (χ0) is 24.0. The molecular weight excluding hydrogens is 440 g/mol. The highest BCUT2D eigenvalue weighted by Crippen LogP contribution is 2.44. The number of benzene rings is 1. The van der Waals surface area contributed by atoms with Gasteiger partial charge in [-0.2, -0.15) is 5.26 Å². The average molecular weight is 468 g/mol. The van der Waals surface area contributed by atoms with Gasteiger partial charge in [0.25, 0.3) is 5.91 Å². The maximum Gasteiger partial charge on any atom is 0.282 e. The number of nitrogens with zero attached hydrogens (tertiary/aromatic N) is 5. The van der Waals surface area contributed by atoms with Crippen molar-refractivity contribution in [2.75, 3.05) is 38.2 Å². The predicted molar refractivity (Wildman–Crippen MR) is 124 cm³/mol. The van der Waals surface area contributed by atoms with Crippen molar-refractivity contribution in [3.05, 3.63) is 42.2 Å². The molecule has 0 bridgehead atoms. The van der Waals surface area contributed by atoms with Crippen molar-refractivity contribution in [1.29, 1.82) is 5.26 Å². The minimum atomic E-state index is -0.943. The van der Waals surface area contributed by atoms with Crippen LogP contribution in [0.4, 0.5) is 14.5 Å². The van der Waals surface area contributed by atoms with E-state index in [0.29, 0.717) is 43.9 Å². The van der Waals surface area contributed by atoms with Crippen molar-refractivity contribution < 1.29 is 18.3 Å². The van der Waals surface area contributed by atoms with Crippen LogP contribution in [-0.2, 0) is 11.2 Å². The van der Waals surface area contributed by atoms with Crippen LogP contribution in [-0.4, -0.2) is 78.3 Å². The van der Waals surface area contributed by atoms with E-state index in [1.165, 1.54) is 0 Å². The maximum absolute atomic E-state index is 13.8. The van der Waals surface area contributed by atoms with E-state index in [1.807, 2.05) is 36.2 Å². The molecule has 5 rings (SSSR count). The molecule has 1 amide bonds. The minimum absolute atomic E-state index is 0.0210. The number of fused-ring (bicyclic) bond motifs is 2. The Morgan fingerprint density at radius 1 is 1.32 bits per heavy atom. The van der Waals surface area contributed by atoms with Crippen LogP contribution in [0.25, 0.3) is 10.9 Å². The van der Waals surface area contributed by atoms with E-state index in [1.54, 1.807) is 4.90 Å². The molecule has 3 aliphatic heterocycles. The van der Waals surface area contributed by atoms with Crippen LogP contribution in [0.3, 0.4) is 0 Å². The lowest BCUT2D eigenvalue weighted by Gasteiger charge is -2.49. The fraction of sp³-hybridized carbons (Fsp3) is 0.480. The van der Waals surface area contributed by atoms with Crippen molar-refractivity contribution >= 4 is 22.5 Å². The standard InChI is InChI=1S/C25H27F2N5O2/c1-15(26)25(33)31-10-8-21-22(31)13-32(21)23-18-5-3-4-6-20(18)29-24(19(23)7-9-28)34-14-17-11-16(27)12-30(17)2/h3-6,16-17,21-22H,1,7-8,10-14H2,2H3/t16-,17+,21-,22-/m1/s1. The molecular formula is C25H27F2N5O2. The molecule has 0 spiro atoms. The largest absolute Gasteiger partial charge is 0.476 e. The number of halogens is 2. The number of pyridine rings is 1. The smallest absolute Gasteiger partial charge is 0.282 e. The normalized spacial score (nSPS) is 26.3. The summed E-state index contributed by atoms with van der Waals surface area (Å²) in [5.41, 5.74) is 2.31. The zero-order valence-electron chi connectivity index (χ0n) is 19.1. The van der Waals surface area contributed by atoms with Gasteiger partial charge in [0, 0.05) is 31.1 Å². The predicted octanol–water partition coefficient (Wildman–Crippen LogP) is 2.99. The third-order valence-electron chi connectivity index (χ3n) is 7.31. The molecule has 3 aliphatic rings. The van der Waals surface area contributed by atoms with Crippen molar-refractivity contribution in [2.24, 2.45) is 0 Å². The Kier molecular flexibility index (Phi) is 5.86. The van der Waals surface area contributed by atoms with Gasteiger partial charge < -0.3 is 14.5 Å². The number of carbonyl (C=O) groups excluding carboxylic acids is 1. The maximum atomic E-state index is 13.8. The van der Waals surface area contributed by atoms with Crippen molar-refractivity contribution in [2.45, 2.75) is 43.6 Å². The topological polar surface area (TPSA) is 72.7 Å². The van der Waals surface area contributed by atoms with E-state index >= 15 is 0 Å². The lowest BCUT2D eigenvalue weighted by molar-refractivity contribution is -0.130. The molecule has 0 radical (unpaired) electrons. The van der Waals surface area contributed by atoms with Gasteiger partial charge >= 0.3 is 0 Å². The fourth-order valence-corrected chi connectivity index (χ4v) is 5.56. The molecule has 3 saturated heterocycles. The second-order valence-electron chi connectivity index (χ2n) is 9.31. The van der Waals surface area contributed by atoms with Gasteiger partial charge in [0.2, 0.25) is 5.88 Å². The zero-order valence-corrected chi connectivity index (χ0v) is 19.1. The summed E-state index contributed by atoms with van der Waals surface area (Å²) >= 11 is 0. The van der Waals surface area contributed by atoms with E-state index in [0.717, 1.165) is 16.6 Å². The number of ether oxygens (including phenoxy) is 1. The van der Waals surface area contributed by atoms with Gasteiger partial charge in [-0.15, -0.1) is 0 Å². The number of likely N-dealkylation sites (N-methyl/N-ethyl adjacent to an activating group) is 1.